The molecule has 1 aromatic carbocycles. The normalized spacial score (nSPS) is 17.3. The van der Waals surface area contributed by atoms with Gasteiger partial charge in [0.25, 0.3) is 0 Å². The third-order valence-electron chi connectivity index (χ3n) is 5.83. The summed E-state index contributed by atoms with van der Waals surface area (Å²) in [6, 6.07) is 4.07. The van der Waals surface area contributed by atoms with Crippen LogP contribution in [0.25, 0.3) is 11.3 Å². The lowest BCUT2D eigenvalue weighted by Crippen LogP contribution is -2.31. The highest BCUT2D eigenvalue weighted by atomic mass is 32.2. The first kappa shape index (κ1) is 25.0. The Balaban J connectivity index is 2.15. The maximum atomic E-state index is 14.2. The summed E-state index contributed by atoms with van der Waals surface area (Å²) in [5.74, 6) is -2.46. The molecule has 0 bridgehead atoms. The van der Waals surface area contributed by atoms with E-state index >= 15 is 0 Å². The summed E-state index contributed by atoms with van der Waals surface area (Å²) in [6.45, 7) is 3.80. The van der Waals surface area contributed by atoms with Crippen LogP contribution in [-0.4, -0.2) is 65.2 Å². The van der Waals surface area contributed by atoms with Gasteiger partial charge in [-0.3, -0.25) is 4.79 Å². The van der Waals surface area contributed by atoms with Crippen molar-refractivity contribution >= 4 is 21.9 Å². The number of carboxylic acids is 1. The number of hydrogen-bond donors (Lipinski definition) is 3. The van der Waals surface area contributed by atoms with E-state index in [2.05, 4.69) is 9.97 Å². The van der Waals surface area contributed by atoms with Crippen molar-refractivity contribution < 1.29 is 32.9 Å². The first-order valence-corrected chi connectivity index (χ1v) is 12.4. The largest absolute Gasteiger partial charge is 0.481 e. The Bertz CT molecular complexity index is 1170. The van der Waals surface area contributed by atoms with Crippen LogP contribution in [0.3, 0.4) is 0 Å². The van der Waals surface area contributed by atoms with Crippen molar-refractivity contribution in [3.05, 3.63) is 40.8 Å². The summed E-state index contributed by atoms with van der Waals surface area (Å²) in [7, 11) is -2.27. The molecule has 0 radical (unpaired) electrons. The number of aliphatic hydroxyl groups is 2. The minimum atomic E-state index is -3.62. The quantitative estimate of drug-likeness (QED) is 0.520. The van der Waals surface area contributed by atoms with Gasteiger partial charge in [0.05, 0.1) is 36.3 Å². The molecule has 0 saturated heterocycles. The summed E-state index contributed by atoms with van der Waals surface area (Å²) in [6.07, 6.45) is -1.85. The molecule has 11 heteroatoms. The molecule has 3 rings (SSSR count). The fourth-order valence-corrected chi connectivity index (χ4v) is 4.52. The number of nitrogens with zero attached hydrogens (tertiary/aromatic N) is 3. The average Bonchev–Trinajstić information content (AvgIpc) is 2.69. The molecule has 180 valence electrons. The van der Waals surface area contributed by atoms with Crippen LogP contribution in [0.5, 0.6) is 0 Å². The molecule has 3 N–H and O–H groups in total. The zero-order valence-corrected chi connectivity index (χ0v) is 19.7. The van der Waals surface area contributed by atoms with Crippen LogP contribution in [0.1, 0.15) is 55.3 Å². The number of carbonyl (C=O) groups is 1. The van der Waals surface area contributed by atoms with Gasteiger partial charge in [0.15, 0.2) is 0 Å². The van der Waals surface area contributed by atoms with Crippen LogP contribution in [0.15, 0.2) is 18.2 Å². The van der Waals surface area contributed by atoms with E-state index in [1.165, 1.54) is 25.2 Å². The van der Waals surface area contributed by atoms with Crippen LogP contribution in [0.2, 0.25) is 0 Å². The molecule has 1 aromatic heterocycles. The maximum absolute atomic E-state index is 14.2. The first-order chi connectivity index (χ1) is 15.3. The first-order valence-electron chi connectivity index (χ1n) is 10.5. The van der Waals surface area contributed by atoms with Gasteiger partial charge in [-0.2, -0.15) is 0 Å². The van der Waals surface area contributed by atoms with Crippen molar-refractivity contribution in [1.82, 2.24) is 9.97 Å². The van der Waals surface area contributed by atoms with Crippen LogP contribution in [0, 0.1) is 5.82 Å². The monoisotopic (exact) mass is 481 g/mol. The number of rotatable bonds is 8. The number of sulfonamides is 1. The molecule has 0 fully saturated rings. The molecule has 3 atom stereocenters. The zero-order chi connectivity index (χ0) is 24.7. The molecule has 9 nitrogen and oxygen atoms in total. The number of aliphatic carboxylic acids is 1. The van der Waals surface area contributed by atoms with Crippen molar-refractivity contribution in [3.63, 3.8) is 0 Å². The van der Waals surface area contributed by atoms with E-state index in [-0.39, 0.29) is 24.7 Å². The van der Waals surface area contributed by atoms with Crippen LogP contribution in [0.4, 0.5) is 10.3 Å². The van der Waals surface area contributed by atoms with E-state index in [1.54, 1.807) is 0 Å². The molecule has 2 aromatic rings. The Kier molecular flexibility index (Phi) is 7.06. The Morgan fingerprint density at radius 2 is 1.94 bits per heavy atom. The third kappa shape index (κ3) is 5.31. The van der Waals surface area contributed by atoms with Crippen molar-refractivity contribution in [2.24, 2.45) is 0 Å². The number of anilines is 1. The minimum absolute atomic E-state index is 0.00824. The predicted octanol–water partition coefficient (Wildman–Crippen LogP) is 2.03. The standard InChI is InChI=1S/C22H28FN3O6S/c1-11(2)20-17-10-16(18(28)8-13(27)9-19(29)30)15-7-12(23)5-6-14(15)21(17)25-22(24-20)26(3)33(4,31)32/h5-7,11,13,16,18,27-28H,8-10H2,1-4H3,(H,29,30)/t13-,16?,18-/m0/s1. The van der Waals surface area contributed by atoms with Gasteiger partial charge < -0.3 is 15.3 Å². The third-order valence-corrected chi connectivity index (χ3v) is 6.99. The predicted molar refractivity (Wildman–Crippen MR) is 120 cm³/mol. The number of halogens is 1. The number of hydrogen-bond acceptors (Lipinski definition) is 7. The molecule has 0 aliphatic heterocycles. The fourth-order valence-electron chi connectivity index (χ4n) is 4.14. The van der Waals surface area contributed by atoms with Crippen LogP contribution in [-0.2, 0) is 21.2 Å². The second-order valence-corrected chi connectivity index (χ2v) is 10.7. The Morgan fingerprint density at radius 3 is 2.52 bits per heavy atom. The van der Waals surface area contributed by atoms with Gasteiger partial charge in [0.2, 0.25) is 16.0 Å². The van der Waals surface area contributed by atoms with Crippen LogP contribution < -0.4 is 4.31 Å². The van der Waals surface area contributed by atoms with Crippen molar-refractivity contribution in [2.75, 3.05) is 17.6 Å². The van der Waals surface area contributed by atoms with Gasteiger partial charge >= 0.3 is 5.97 Å². The number of carboxylic acid groups (broad SMARTS) is 1. The zero-order valence-electron chi connectivity index (χ0n) is 18.9. The molecular formula is C22H28FN3O6S. The molecule has 1 unspecified atom stereocenters. The van der Waals surface area contributed by atoms with Gasteiger partial charge in [-0.1, -0.05) is 13.8 Å². The van der Waals surface area contributed by atoms with Crippen LogP contribution >= 0.6 is 0 Å². The van der Waals surface area contributed by atoms with Crippen molar-refractivity contribution in [1.29, 1.82) is 0 Å². The number of fused-ring (bicyclic) bond motifs is 3. The molecule has 0 spiro atoms. The van der Waals surface area contributed by atoms with E-state index in [1.807, 2.05) is 13.8 Å². The summed E-state index contributed by atoms with van der Waals surface area (Å²) in [5, 5.41) is 29.8. The summed E-state index contributed by atoms with van der Waals surface area (Å²) >= 11 is 0. The van der Waals surface area contributed by atoms with Gasteiger partial charge in [-0.25, -0.2) is 27.1 Å². The SMILES string of the molecule is CC(C)c1nc(N(C)S(C)(=O)=O)nc2c1CC([C@@H](O)C[C@H](O)CC(=O)O)c1cc(F)ccc1-2. The lowest BCUT2D eigenvalue weighted by atomic mass is 9.75. The highest BCUT2D eigenvalue weighted by Gasteiger charge is 2.35. The highest BCUT2D eigenvalue weighted by Crippen LogP contribution is 2.44. The van der Waals surface area contributed by atoms with E-state index in [9.17, 15) is 27.8 Å². The van der Waals surface area contributed by atoms with Crippen molar-refractivity contribution in [2.45, 2.75) is 57.2 Å². The Morgan fingerprint density at radius 1 is 1.27 bits per heavy atom. The molecule has 33 heavy (non-hydrogen) atoms. The molecule has 0 saturated carbocycles. The van der Waals surface area contributed by atoms with Gasteiger partial charge in [0.1, 0.15) is 5.82 Å². The molecule has 1 heterocycles. The molecule has 0 amide bonds. The van der Waals surface area contributed by atoms with E-state index in [4.69, 9.17) is 5.11 Å². The summed E-state index contributed by atoms with van der Waals surface area (Å²) in [5.41, 5.74) is 2.75. The maximum Gasteiger partial charge on any atom is 0.305 e. The smallest absolute Gasteiger partial charge is 0.305 e. The lowest BCUT2D eigenvalue weighted by molar-refractivity contribution is -0.139. The fraction of sp³-hybridized carbons (Fsp3) is 0.500. The topological polar surface area (TPSA) is 141 Å². The Labute approximate surface area is 192 Å². The van der Waals surface area contributed by atoms with E-state index in [0.717, 1.165) is 10.6 Å². The molecular weight excluding hydrogens is 453 g/mol. The minimum Gasteiger partial charge on any atom is -0.481 e. The summed E-state index contributed by atoms with van der Waals surface area (Å²) < 4.78 is 39.3. The summed E-state index contributed by atoms with van der Waals surface area (Å²) in [4.78, 5) is 19.9. The molecule has 1 aliphatic carbocycles. The number of aromatic nitrogens is 2. The highest BCUT2D eigenvalue weighted by molar-refractivity contribution is 7.92. The van der Waals surface area contributed by atoms with Gasteiger partial charge in [0, 0.05) is 30.5 Å². The lowest BCUT2D eigenvalue weighted by Gasteiger charge is -2.33. The van der Waals surface area contributed by atoms with Crippen molar-refractivity contribution in [3.8, 4) is 11.3 Å². The van der Waals surface area contributed by atoms with Gasteiger partial charge in [-0.15, -0.1) is 0 Å². The average molecular weight is 482 g/mol. The number of benzene rings is 1. The Hall–Kier alpha value is -2.63. The number of aliphatic hydroxyl groups excluding tert-OH is 2. The second kappa shape index (κ2) is 9.32. The second-order valence-electron chi connectivity index (χ2n) is 8.72. The molecule has 1 aliphatic rings. The van der Waals surface area contributed by atoms with Gasteiger partial charge in [-0.05, 0) is 36.1 Å². The van der Waals surface area contributed by atoms with E-state index in [0.29, 0.717) is 28.1 Å². The van der Waals surface area contributed by atoms with E-state index < -0.39 is 46.4 Å².